The molecule has 0 radical (unpaired) electrons. The van der Waals surface area contributed by atoms with Crippen molar-refractivity contribution < 1.29 is 9.53 Å². The quantitative estimate of drug-likeness (QED) is 0.819. The standard InChI is InChI=1S/C14H22N4O2/c1-3-16-14(19)12-10-20-8-7-18(12)9-11-5-4-6-17-13(11)15-2/h4-6,12H,3,7-10H2,1-2H3,(H,15,17)(H,16,19). The Kier molecular flexibility index (Phi) is 5.31. The van der Waals surface area contributed by atoms with Crippen LogP contribution >= 0.6 is 0 Å². The van der Waals surface area contributed by atoms with Gasteiger partial charge in [-0.05, 0) is 13.0 Å². The van der Waals surface area contributed by atoms with E-state index in [0.717, 1.165) is 17.9 Å². The summed E-state index contributed by atoms with van der Waals surface area (Å²) in [5.41, 5.74) is 1.09. The molecule has 110 valence electrons. The number of hydrogen-bond acceptors (Lipinski definition) is 5. The summed E-state index contributed by atoms with van der Waals surface area (Å²) < 4.78 is 5.44. The summed E-state index contributed by atoms with van der Waals surface area (Å²) in [4.78, 5) is 18.5. The first-order valence-corrected chi connectivity index (χ1v) is 6.97. The van der Waals surface area contributed by atoms with E-state index in [2.05, 4.69) is 20.5 Å². The van der Waals surface area contributed by atoms with Crippen LogP contribution in [-0.2, 0) is 16.1 Å². The van der Waals surface area contributed by atoms with Gasteiger partial charge in [-0.2, -0.15) is 0 Å². The molecule has 1 unspecified atom stereocenters. The lowest BCUT2D eigenvalue weighted by molar-refractivity contribution is -0.132. The van der Waals surface area contributed by atoms with Crippen LogP contribution in [0.15, 0.2) is 18.3 Å². The summed E-state index contributed by atoms with van der Waals surface area (Å²) in [6.45, 7) is 5.10. The van der Waals surface area contributed by atoms with Crippen LogP contribution < -0.4 is 10.6 Å². The highest BCUT2D eigenvalue weighted by Crippen LogP contribution is 2.17. The number of carbonyl (C=O) groups is 1. The molecule has 0 aromatic carbocycles. The molecule has 0 saturated carbocycles. The maximum absolute atomic E-state index is 12.1. The predicted octanol–water partition coefficient (Wildman–Crippen LogP) is 0.460. The molecule has 1 aliphatic heterocycles. The molecule has 20 heavy (non-hydrogen) atoms. The van der Waals surface area contributed by atoms with Crippen LogP contribution in [0, 0.1) is 0 Å². The first kappa shape index (κ1) is 14.7. The van der Waals surface area contributed by atoms with E-state index in [1.54, 1.807) is 6.20 Å². The van der Waals surface area contributed by atoms with E-state index < -0.39 is 0 Å². The monoisotopic (exact) mass is 278 g/mol. The lowest BCUT2D eigenvalue weighted by Gasteiger charge is -2.34. The van der Waals surface area contributed by atoms with E-state index in [1.807, 2.05) is 26.1 Å². The van der Waals surface area contributed by atoms with Crippen molar-refractivity contribution in [3.63, 3.8) is 0 Å². The van der Waals surface area contributed by atoms with Gasteiger partial charge in [-0.25, -0.2) is 4.98 Å². The number of hydrogen-bond donors (Lipinski definition) is 2. The Morgan fingerprint density at radius 2 is 2.45 bits per heavy atom. The number of pyridine rings is 1. The van der Waals surface area contributed by atoms with Crippen LogP contribution in [0.3, 0.4) is 0 Å². The summed E-state index contributed by atoms with van der Waals surface area (Å²) in [5.74, 6) is 0.885. The molecule has 0 aliphatic carbocycles. The number of nitrogens with one attached hydrogen (secondary N) is 2. The third-order valence-corrected chi connectivity index (χ3v) is 3.39. The number of anilines is 1. The molecule has 1 atom stereocenters. The Hall–Kier alpha value is -1.66. The Morgan fingerprint density at radius 1 is 1.60 bits per heavy atom. The predicted molar refractivity (Wildman–Crippen MR) is 77.5 cm³/mol. The summed E-state index contributed by atoms with van der Waals surface area (Å²) in [6.07, 6.45) is 1.76. The van der Waals surface area contributed by atoms with E-state index in [-0.39, 0.29) is 11.9 Å². The van der Waals surface area contributed by atoms with Crippen molar-refractivity contribution in [1.82, 2.24) is 15.2 Å². The number of morpholine rings is 1. The normalized spacial score (nSPS) is 19.6. The zero-order valence-corrected chi connectivity index (χ0v) is 12.1. The zero-order chi connectivity index (χ0) is 14.4. The number of nitrogens with zero attached hydrogens (tertiary/aromatic N) is 2. The van der Waals surface area contributed by atoms with Gasteiger partial charge in [-0.3, -0.25) is 9.69 Å². The molecule has 2 heterocycles. The molecule has 1 saturated heterocycles. The minimum atomic E-state index is -0.228. The van der Waals surface area contributed by atoms with Gasteiger partial charge in [-0.15, -0.1) is 0 Å². The second kappa shape index (κ2) is 7.21. The van der Waals surface area contributed by atoms with Crippen LogP contribution in [0.5, 0.6) is 0 Å². The lowest BCUT2D eigenvalue weighted by Crippen LogP contribution is -2.53. The largest absolute Gasteiger partial charge is 0.378 e. The summed E-state index contributed by atoms with van der Waals surface area (Å²) in [5, 5.41) is 5.95. The molecule has 6 nitrogen and oxygen atoms in total. The van der Waals surface area contributed by atoms with Gasteiger partial charge in [0.05, 0.1) is 13.2 Å². The highest BCUT2D eigenvalue weighted by molar-refractivity contribution is 5.82. The third-order valence-electron chi connectivity index (χ3n) is 3.39. The number of rotatable bonds is 5. The van der Waals surface area contributed by atoms with Crippen molar-refractivity contribution >= 4 is 11.7 Å². The first-order chi connectivity index (χ1) is 9.76. The van der Waals surface area contributed by atoms with Gasteiger partial charge in [0.25, 0.3) is 0 Å². The van der Waals surface area contributed by atoms with Crippen molar-refractivity contribution in [2.75, 3.05) is 38.7 Å². The van der Waals surface area contributed by atoms with Gasteiger partial charge < -0.3 is 15.4 Å². The number of amides is 1. The van der Waals surface area contributed by atoms with Gasteiger partial charge in [0.1, 0.15) is 11.9 Å². The molecule has 6 heteroatoms. The molecule has 0 bridgehead atoms. The van der Waals surface area contributed by atoms with Gasteiger partial charge >= 0.3 is 0 Å². The number of aromatic nitrogens is 1. The smallest absolute Gasteiger partial charge is 0.239 e. The fraction of sp³-hybridized carbons (Fsp3) is 0.571. The lowest BCUT2D eigenvalue weighted by atomic mass is 10.1. The summed E-state index contributed by atoms with van der Waals surface area (Å²) in [6, 6.07) is 3.72. The van der Waals surface area contributed by atoms with E-state index in [0.29, 0.717) is 26.3 Å². The third kappa shape index (κ3) is 3.46. The Labute approximate surface area is 119 Å². The van der Waals surface area contributed by atoms with E-state index in [1.165, 1.54) is 0 Å². The molecule has 1 amide bonds. The van der Waals surface area contributed by atoms with Crippen molar-refractivity contribution in [2.45, 2.75) is 19.5 Å². The molecular weight excluding hydrogens is 256 g/mol. The van der Waals surface area contributed by atoms with Crippen LogP contribution in [0.25, 0.3) is 0 Å². The molecule has 1 aromatic rings. The van der Waals surface area contributed by atoms with Crippen LogP contribution in [0.4, 0.5) is 5.82 Å². The highest BCUT2D eigenvalue weighted by Gasteiger charge is 2.29. The van der Waals surface area contributed by atoms with Crippen LogP contribution in [0.1, 0.15) is 12.5 Å². The Bertz CT molecular complexity index is 453. The number of carbonyl (C=O) groups excluding carboxylic acids is 1. The summed E-state index contributed by atoms with van der Waals surface area (Å²) >= 11 is 0. The van der Waals surface area contributed by atoms with Crippen molar-refractivity contribution in [2.24, 2.45) is 0 Å². The fourth-order valence-electron chi connectivity index (χ4n) is 2.37. The number of likely N-dealkylation sites (N-methyl/N-ethyl adjacent to an activating group) is 1. The SMILES string of the molecule is CCNC(=O)C1COCCN1Cc1cccnc1NC. The molecule has 1 fully saturated rings. The van der Waals surface area contributed by atoms with Gasteiger partial charge in [0, 0.05) is 38.4 Å². The van der Waals surface area contributed by atoms with Gasteiger partial charge in [0.15, 0.2) is 0 Å². The highest BCUT2D eigenvalue weighted by atomic mass is 16.5. The average molecular weight is 278 g/mol. The fourth-order valence-corrected chi connectivity index (χ4v) is 2.37. The molecule has 0 spiro atoms. The van der Waals surface area contributed by atoms with Crippen LogP contribution in [-0.4, -0.2) is 55.2 Å². The molecule has 1 aliphatic rings. The second-order valence-corrected chi connectivity index (χ2v) is 4.72. The van der Waals surface area contributed by atoms with Crippen molar-refractivity contribution in [1.29, 1.82) is 0 Å². The van der Waals surface area contributed by atoms with E-state index in [4.69, 9.17) is 4.74 Å². The van der Waals surface area contributed by atoms with E-state index >= 15 is 0 Å². The first-order valence-electron chi connectivity index (χ1n) is 6.97. The van der Waals surface area contributed by atoms with Crippen molar-refractivity contribution in [3.05, 3.63) is 23.9 Å². The molecular formula is C14H22N4O2. The number of ether oxygens (including phenoxy) is 1. The Morgan fingerprint density at radius 3 is 3.20 bits per heavy atom. The Balaban J connectivity index is 2.10. The molecule has 2 N–H and O–H groups in total. The molecule has 1 aromatic heterocycles. The second-order valence-electron chi connectivity index (χ2n) is 4.72. The minimum Gasteiger partial charge on any atom is -0.378 e. The van der Waals surface area contributed by atoms with Crippen molar-refractivity contribution in [3.8, 4) is 0 Å². The average Bonchev–Trinajstić information content (AvgIpc) is 2.48. The summed E-state index contributed by atoms with van der Waals surface area (Å²) in [7, 11) is 1.85. The van der Waals surface area contributed by atoms with Gasteiger partial charge in [0.2, 0.25) is 5.91 Å². The maximum atomic E-state index is 12.1. The van der Waals surface area contributed by atoms with Crippen LogP contribution in [0.2, 0.25) is 0 Å². The topological polar surface area (TPSA) is 66.5 Å². The zero-order valence-electron chi connectivity index (χ0n) is 12.1. The van der Waals surface area contributed by atoms with Gasteiger partial charge in [-0.1, -0.05) is 6.07 Å². The minimum absolute atomic E-state index is 0.0297. The molecule has 2 rings (SSSR count). The van der Waals surface area contributed by atoms with E-state index in [9.17, 15) is 4.79 Å². The maximum Gasteiger partial charge on any atom is 0.239 e.